The molecule has 138 valence electrons. The van der Waals surface area contributed by atoms with Crippen molar-refractivity contribution < 1.29 is 30.9 Å². The predicted molar refractivity (Wildman–Crippen MR) is 84.3 cm³/mol. The van der Waals surface area contributed by atoms with Crippen molar-refractivity contribution in [2.24, 2.45) is 0 Å². The average molecular weight is 369 g/mol. The zero-order chi connectivity index (χ0) is 18.6. The smallest absolute Gasteiger partial charge is 0.375 e. The van der Waals surface area contributed by atoms with Crippen molar-refractivity contribution in [1.29, 1.82) is 0 Å². The second kappa shape index (κ2) is 7.81. The van der Waals surface area contributed by atoms with E-state index in [1.54, 1.807) is 13.8 Å². The van der Waals surface area contributed by atoms with Crippen molar-refractivity contribution in [3.63, 3.8) is 0 Å². The molecule has 0 radical (unpaired) electrons. The lowest BCUT2D eigenvalue weighted by molar-refractivity contribution is -0.140. The monoisotopic (exact) mass is 369 g/mol. The maximum absolute atomic E-state index is 13.2. The van der Waals surface area contributed by atoms with Crippen LogP contribution in [0.2, 0.25) is 0 Å². The highest BCUT2D eigenvalue weighted by molar-refractivity contribution is 7.85. The highest BCUT2D eigenvalue weighted by atomic mass is 32.2. The second-order valence-electron chi connectivity index (χ2n) is 5.99. The maximum atomic E-state index is 13.2. The molecule has 1 rings (SSSR count). The fourth-order valence-electron chi connectivity index (χ4n) is 2.55. The molecule has 9 heteroatoms. The summed E-state index contributed by atoms with van der Waals surface area (Å²) in [5.41, 5.74) is -1.67. The average Bonchev–Trinajstić information content (AvgIpc) is 2.43. The summed E-state index contributed by atoms with van der Waals surface area (Å²) >= 11 is 0. The summed E-state index contributed by atoms with van der Waals surface area (Å²) in [4.78, 5) is 0. The Hall–Kier alpha value is -1.16. The summed E-state index contributed by atoms with van der Waals surface area (Å²) in [5.74, 6) is -0.424. The molecule has 5 nitrogen and oxygen atoms in total. The Morgan fingerprint density at radius 1 is 1.25 bits per heavy atom. The van der Waals surface area contributed by atoms with Gasteiger partial charge in [-0.05, 0) is 38.4 Å². The van der Waals surface area contributed by atoms with Crippen molar-refractivity contribution in [1.82, 2.24) is 5.32 Å². The van der Waals surface area contributed by atoms with Gasteiger partial charge in [0, 0.05) is 12.6 Å². The molecule has 1 aromatic rings. The summed E-state index contributed by atoms with van der Waals surface area (Å²) in [7, 11) is -2.75. The van der Waals surface area contributed by atoms with Gasteiger partial charge in [0.2, 0.25) is 0 Å². The van der Waals surface area contributed by atoms with E-state index < -0.39 is 39.3 Å². The van der Waals surface area contributed by atoms with Crippen LogP contribution < -0.4 is 5.32 Å². The minimum Gasteiger partial charge on any atom is -0.375 e. The molecule has 0 aliphatic carbocycles. The summed E-state index contributed by atoms with van der Waals surface area (Å²) in [5, 5.41) is 2.99. The molecular formula is C15H22F3NO4S. The van der Waals surface area contributed by atoms with Crippen LogP contribution in [0.5, 0.6) is 0 Å². The third kappa shape index (κ3) is 6.04. The lowest BCUT2D eigenvalue weighted by atomic mass is 9.88. The first-order valence-corrected chi connectivity index (χ1v) is 8.88. The van der Waals surface area contributed by atoms with Crippen LogP contribution >= 0.6 is 0 Å². The Bertz CT molecular complexity index is 644. The van der Waals surface area contributed by atoms with Gasteiger partial charge in [-0.2, -0.15) is 21.6 Å². The fraction of sp³-hybridized carbons (Fsp3) is 0.600. The summed E-state index contributed by atoms with van der Waals surface area (Å²) in [6.45, 7) is 3.53. The number of methoxy groups -OCH3 is 1. The minimum atomic E-state index is -4.51. The van der Waals surface area contributed by atoms with E-state index in [0.29, 0.717) is 0 Å². The van der Waals surface area contributed by atoms with E-state index in [9.17, 15) is 21.6 Å². The predicted octanol–water partition coefficient (Wildman–Crippen LogP) is 3.04. The van der Waals surface area contributed by atoms with Crippen LogP contribution in [0.1, 0.15) is 37.5 Å². The van der Waals surface area contributed by atoms with Crippen LogP contribution in [0.25, 0.3) is 0 Å². The third-order valence-electron chi connectivity index (χ3n) is 3.60. The van der Waals surface area contributed by atoms with Crippen LogP contribution in [-0.2, 0) is 21.0 Å². The number of ether oxygens (including phenoxy) is 1. The molecule has 2 N–H and O–H groups in total. The quantitative estimate of drug-likeness (QED) is 0.544. The van der Waals surface area contributed by atoms with Crippen molar-refractivity contribution in [3.05, 3.63) is 35.4 Å². The molecule has 24 heavy (non-hydrogen) atoms. The van der Waals surface area contributed by atoms with Gasteiger partial charge in [-0.15, -0.1) is 0 Å². The molecule has 0 aliphatic rings. The second-order valence-corrected chi connectivity index (χ2v) is 7.56. The largest absolute Gasteiger partial charge is 0.416 e. The molecule has 0 saturated heterocycles. The van der Waals surface area contributed by atoms with Gasteiger partial charge in [-0.25, -0.2) is 0 Å². The number of alkyl halides is 3. The standard InChI is InChI=1S/C15H22F3NO4S/c1-14(2,19-9-6-10-24(20,21)22)13(23-3)11-7-4-5-8-12(11)15(16,17)18/h4-5,7-8,13,19H,6,9-10H2,1-3H3,(H,20,21,22). The maximum Gasteiger partial charge on any atom is 0.416 e. The van der Waals surface area contributed by atoms with Crippen LogP contribution in [0.3, 0.4) is 0 Å². The van der Waals surface area contributed by atoms with Gasteiger partial charge >= 0.3 is 6.18 Å². The van der Waals surface area contributed by atoms with Crippen LogP contribution in [-0.4, -0.2) is 37.9 Å². The molecule has 0 aliphatic heterocycles. The Morgan fingerprint density at radius 3 is 2.33 bits per heavy atom. The molecule has 1 atom stereocenters. The first-order chi connectivity index (χ1) is 10.9. The Balaban J connectivity index is 2.96. The zero-order valence-corrected chi connectivity index (χ0v) is 14.5. The molecule has 0 fully saturated rings. The van der Waals surface area contributed by atoms with Gasteiger partial charge in [0.1, 0.15) is 6.10 Å². The molecule has 0 bridgehead atoms. The fourth-order valence-corrected chi connectivity index (χ4v) is 3.06. The van der Waals surface area contributed by atoms with E-state index in [1.165, 1.54) is 25.3 Å². The molecular weight excluding hydrogens is 347 g/mol. The molecule has 0 spiro atoms. The topological polar surface area (TPSA) is 75.6 Å². The van der Waals surface area contributed by atoms with E-state index in [2.05, 4.69) is 5.32 Å². The van der Waals surface area contributed by atoms with Crippen molar-refractivity contribution in [2.45, 2.75) is 38.1 Å². The molecule has 1 unspecified atom stereocenters. The van der Waals surface area contributed by atoms with E-state index in [0.717, 1.165) is 6.07 Å². The van der Waals surface area contributed by atoms with Crippen molar-refractivity contribution in [3.8, 4) is 0 Å². The number of hydrogen-bond acceptors (Lipinski definition) is 4. The molecule has 1 aromatic carbocycles. The van der Waals surface area contributed by atoms with E-state index in [4.69, 9.17) is 9.29 Å². The Kier molecular flexibility index (Phi) is 6.80. The highest BCUT2D eigenvalue weighted by Crippen LogP contribution is 2.38. The van der Waals surface area contributed by atoms with Crippen molar-refractivity contribution >= 4 is 10.1 Å². The molecule has 0 heterocycles. The number of benzene rings is 1. The first-order valence-electron chi connectivity index (χ1n) is 7.27. The number of halogens is 3. The molecule has 0 aromatic heterocycles. The van der Waals surface area contributed by atoms with Crippen LogP contribution in [0, 0.1) is 0 Å². The number of nitrogens with one attached hydrogen (secondary N) is 1. The van der Waals surface area contributed by atoms with Gasteiger partial charge in [0.05, 0.1) is 11.3 Å². The lowest BCUT2D eigenvalue weighted by Gasteiger charge is -2.36. The summed E-state index contributed by atoms with van der Waals surface area (Å²) in [6.07, 6.45) is -5.28. The number of hydrogen-bond donors (Lipinski definition) is 2. The van der Waals surface area contributed by atoms with E-state index in [-0.39, 0.29) is 18.5 Å². The van der Waals surface area contributed by atoms with E-state index >= 15 is 0 Å². The van der Waals surface area contributed by atoms with Crippen molar-refractivity contribution in [2.75, 3.05) is 19.4 Å². The van der Waals surface area contributed by atoms with E-state index in [1.807, 2.05) is 0 Å². The van der Waals surface area contributed by atoms with Gasteiger partial charge in [-0.1, -0.05) is 18.2 Å². The van der Waals surface area contributed by atoms with Crippen LogP contribution in [0.4, 0.5) is 13.2 Å². The number of rotatable bonds is 8. The lowest BCUT2D eigenvalue weighted by Crippen LogP contribution is -2.46. The summed E-state index contributed by atoms with van der Waals surface area (Å²) in [6, 6.07) is 5.17. The SMILES string of the molecule is COC(c1ccccc1C(F)(F)F)C(C)(C)NCCCS(=O)(=O)O. The Labute approximate surface area is 140 Å². The zero-order valence-electron chi connectivity index (χ0n) is 13.7. The summed E-state index contributed by atoms with van der Waals surface area (Å²) < 4.78 is 75.0. The van der Waals surface area contributed by atoms with Gasteiger partial charge in [0.15, 0.2) is 0 Å². The normalized spacial score (nSPS) is 14.6. The molecule has 0 amide bonds. The van der Waals surface area contributed by atoms with Gasteiger partial charge in [0.25, 0.3) is 10.1 Å². The first kappa shape index (κ1) is 20.9. The van der Waals surface area contributed by atoms with Gasteiger partial charge in [-0.3, -0.25) is 4.55 Å². The highest BCUT2D eigenvalue weighted by Gasteiger charge is 2.39. The molecule has 0 saturated carbocycles. The Morgan fingerprint density at radius 2 is 1.83 bits per heavy atom. The third-order valence-corrected chi connectivity index (χ3v) is 4.40. The van der Waals surface area contributed by atoms with Gasteiger partial charge < -0.3 is 10.1 Å². The van der Waals surface area contributed by atoms with Crippen LogP contribution in [0.15, 0.2) is 24.3 Å². The minimum absolute atomic E-state index is 0.000204.